The maximum atomic E-state index is 6.42. The Kier molecular flexibility index (Phi) is 3.52. The minimum absolute atomic E-state index is 0. The maximum absolute atomic E-state index is 6.42. The van der Waals surface area contributed by atoms with Gasteiger partial charge in [0, 0.05) is 33.3 Å². The summed E-state index contributed by atoms with van der Waals surface area (Å²) >= 11 is 0. The molecule has 4 saturated heterocycles. The molecule has 1 aromatic rings. The van der Waals surface area contributed by atoms with E-state index in [4.69, 9.17) is 14.2 Å². The molecule has 4 atom stereocenters. The van der Waals surface area contributed by atoms with Crippen molar-refractivity contribution < 1.29 is 34.6 Å². The summed E-state index contributed by atoms with van der Waals surface area (Å²) in [7, 11) is -0.553. The summed E-state index contributed by atoms with van der Waals surface area (Å²) in [6.45, 7) is 8.59. The third-order valence-corrected chi connectivity index (χ3v) is 7.77. The van der Waals surface area contributed by atoms with E-state index in [2.05, 4.69) is 58.0 Å². The number of hydrogen-bond donors (Lipinski definition) is 0. The minimum atomic E-state index is -0.553. The van der Waals surface area contributed by atoms with Gasteiger partial charge in [-0.15, -0.1) is 0 Å². The number of benzene rings is 1. The summed E-state index contributed by atoms with van der Waals surface area (Å²) in [4.78, 5) is 0. The smallest absolute Gasteiger partial charge is 0.173 e. The average Bonchev–Trinajstić information content (AvgIpc) is 2.22. The summed E-state index contributed by atoms with van der Waals surface area (Å²) in [5.74, 6) is -1.02. The maximum Gasteiger partial charge on any atom is 0.173 e. The molecule has 4 fully saturated rings. The molecule has 4 unspecified atom stereocenters. The molecule has 118 valence electrons. The van der Waals surface area contributed by atoms with E-state index in [0.717, 1.165) is 12.8 Å². The van der Waals surface area contributed by atoms with E-state index < -0.39 is 19.5 Å². The molecule has 0 saturated carbocycles. The Bertz CT molecular complexity index is 520. The van der Waals surface area contributed by atoms with Gasteiger partial charge in [0.05, 0.1) is 10.7 Å². The second-order valence-corrected chi connectivity index (χ2v) is 10.0. The molecule has 4 bridgehead atoms. The first-order valence-electron chi connectivity index (χ1n) is 7.22. The van der Waals surface area contributed by atoms with Crippen LogP contribution in [0.3, 0.4) is 0 Å². The van der Waals surface area contributed by atoms with Gasteiger partial charge in [-0.1, -0.05) is 30.3 Å². The van der Waals surface area contributed by atoms with Crippen molar-refractivity contribution in [2.75, 3.05) is 0 Å². The minimum Gasteiger partial charge on any atom is -0.339 e. The Hall–Kier alpha value is 0.192. The predicted molar refractivity (Wildman–Crippen MR) is 79.1 cm³/mol. The fraction of sp³-hybridized carbons (Fsp3) is 0.625. The molecule has 0 radical (unpaired) electrons. The van der Waals surface area contributed by atoms with Crippen molar-refractivity contribution in [3.8, 4) is 0 Å². The quantitative estimate of drug-likeness (QED) is 0.535. The molecule has 0 amide bonds. The van der Waals surface area contributed by atoms with Gasteiger partial charge in [-0.25, -0.2) is 0 Å². The van der Waals surface area contributed by atoms with Crippen LogP contribution in [0.2, 0.25) is 0 Å². The van der Waals surface area contributed by atoms with E-state index in [0.29, 0.717) is 0 Å². The van der Waals surface area contributed by atoms with Crippen molar-refractivity contribution >= 4 is 13.2 Å². The van der Waals surface area contributed by atoms with Crippen LogP contribution in [0, 0.1) is 0 Å². The molecule has 0 N–H and O–H groups in total. The summed E-state index contributed by atoms with van der Waals surface area (Å²) < 4.78 is 18.9. The van der Waals surface area contributed by atoms with Crippen LogP contribution in [0.5, 0.6) is 0 Å². The van der Waals surface area contributed by atoms with E-state index in [-0.39, 0.29) is 31.1 Å². The second kappa shape index (κ2) is 4.60. The molecule has 5 rings (SSSR count). The second-order valence-electron chi connectivity index (χ2n) is 6.95. The average molecular weight is 399 g/mol. The van der Waals surface area contributed by atoms with Gasteiger partial charge in [0.1, 0.15) is 0 Å². The van der Waals surface area contributed by atoms with E-state index in [1.165, 1.54) is 5.30 Å². The fourth-order valence-electron chi connectivity index (χ4n) is 4.71. The first-order chi connectivity index (χ1) is 9.26. The molecule has 0 aliphatic carbocycles. The van der Waals surface area contributed by atoms with Gasteiger partial charge in [-0.3, -0.25) is 0 Å². The van der Waals surface area contributed by atoms with Gasteiger partial charge < -0.3 is 14.2 Å². The van der Waals surface area contributed by atoms with Crippen LogP contribution in [-0.4, -0.2) is 22.3 Å². The molecule has 21 heavy (non-hydrogen) atoms. The van der Waals surface area contributed by atoms with E-state index in [1.807, 2.05) is 0 Å². The summed E-state index contributed by atoms with van der Waals surface area (Å²) in [5, 5.41) is 1.01. The third kappa shape index (κ3) is 2.28. The van der Waals surface area contributed by atoms with Gasteiger partial charge in [-0.2, -0.15) is 0 Å². The van der Waals surface area contributed by atoms with Gasteiger partial charge in [0.2, 0.25) is 0 Å². The Morgan fingerprint density at radius 3 is 1.76 bits per heavy atom. The van der Waals surface area contributed by atoms with E-state index in [9.17, 15) is 0 Å². The van der Waals surface area contributed by atoms with Gasteiger partial charge >= 0.3 is 0 Å². The first-order valence-corrected chi connectivity index (χ1v) is 8.56. The van der Waals surface area contributed by atoms with E-state index >= 15 is 0 Å². The van der Waals surface area contributed by atoms with Crippen molar-refractivity contribution in [3.63, 3.8) is 0 Å². The zero-order valence-corrected chi connectivity index (χ0v) is 15.2. The Morgan fingerprint density at radius 2 is 1.29 bits per heavy atom. The molecule has 4 aliphatic heterocycles. The number of hydrogen-bond acceptors (Lipinski definition) is 3. The predicted octanol–water partition coefficient (Wildman–Crippen LogP) is 3.53. The number of ether oxygens (including phenoxy) is 3. The topological polar surface area (TPSA) is 27.7 Å². The summed E-state index contributed by atoms with van der Waals surface area (Å²) in [6, 6.07) is 10.7. The zero-order chi connectivity index (χ0) is 14.2. The molecule has 5 heteroatoms. The molecule has 0 spiro atoms. The first kappa shape index (κ1) is 16.1. The standard InChI is InChI=1S/C16H21O3P.Pd/c1-13-10-15(3)19-14(2,17-13)11-16(4,18-13)20(15)12-8-6-5-7-9-12;/h5-9H,10-11H2,1-4H3;. The van der Waals surface area contributed by atoms with Crippen LogP contribution in [0.4, 0.5) is 0 Å². The normalized spacial score (nSPS) is 50.8. The van der Waals surface area contributed by atoms with Gasteiger partial charge in [0.25, 0.3) is 0 Å². The van der Waals surface area contributed by atoms with Crippen molar-refractivity contribution in [1.29, 1.82) is 0 Å². The molecular weight excluding hydrogens is 378 g/mol. The fourth-order valence-corrected chi connectivity index (χ4v) is 8.73. The van der Waals surface area contributed by atoms with Crippen molar-refractivity contribution in [2.45, 2.75) is 62.8 Å². The molecule has 4 heterocycles. The van der Waals surface area contributed by atoms with E-state index in [1.54, 1.807) is 0 Å². The molecule has 4 aliphatic rings. The SMILES string of the molecule is CC12CC3(C)OC(C)(CC(C)(O1)P3c1ccccc1)O2.[Pd]. The molecular formula is C16H21O3PPd. The van der Waals surface area contributed by atoms with Crippen molar-refractivity contribution in [2.24, 2.45) is 0 Å². The largest absolute Gasteiger partial charge is 0.339 e. The Morgan fingerprint density at radius 1 is 0.810 bits per heavy atom. The van der Waals surface area contributed by atoms with Gasteiger partial charge in [0.15, 0.2) is 11.6 Å². The van der Waals surface area contributed by atoms with Crippen LogP contribution < -0.4 is 5.30 Å². The van der Waals surface area contributed by atoms with Crippen LogP contribution in [0.15, 0.2) is 30.3 Å². The van der Waals surface area contributed by atoms with Gasteiger partial charge in [-0.05, 0) is 40.9 Å². The Balaban J connectivity index is 0.00000132. The molecule has 3 nitrogen and oxygen atoms in total. The number of rotatable bonds is 1. The van der Waals surface area contributed by atoms with Crippen molar-refractivity contribution in [1.82, 2.24) is 0 Å². The molecule has 0 aromatic heterocycles. The molecule has 1 aromatic carbocycles. The summed E-state index contributed by atoms with van der Waals surface area (Å²) in [5.41, 5.74) is 0. The van der Waals surface area contributed by atoms with Crippen LogP contribution in [-0.2, 0) is 34.6 Å². The van der Waals surface area contributed by atoms with Crippen molar-refractivity contribution in [3.05, 3.63) is 30.3 Å². The van der Waals surface area contributed by atoms with Crippen LogP contribution in [0.25, 0.3) is 0 Å². The summed E-state index contributed by atoms with van der Waals surface area (Å²) in [6.07, 6.45) is 1.59. The van der Waals surface area contributed by atoms with Crippen LogP contribution in [0.1, 0.15) is 40.5 Å². The zero-order valence-electron chi connectivity index (χ0n) is 12.8. The monoisotopic (exact) mass is 398 g/mol. The van der Waals surface area contributed by atoms with Crippen LogP contribution >= 0.6 is 7.92 Å². The Labute approximate surface area is 141 Å². The third-order valence-electron chi connectivity index (χ3n) is 4.56.